The lowest BCUT2D eigenvalue weighted by molar-refractivity contribution is -0.121. The lowest BCUT2D eigenvalue weighted by Crippen LogP contribution is -2.25. The molecule has 1 aliphatic heterocycles. The van der Waals surface area contributed by atoms with E-state index in [1.807, 2.05) is 30.3 Å². The van der Waals surface area contributed by atoms with Crippen LogP contribution in [0.5, 0.6) is 11.5 Å². The first-order chi connectivity index (χ1) is 14.7. The number of aryl methyl sites for hydroxylation is 1. The normalized spacial score (nSPS) is 13.0. The zero-order valence-electron chi connectivity index (χ0n) is 16.4. The molecule has 1 N–H and O–H groups in total. The van der Waals surface area contributed by atoms with Gasteiger partial charge in [0.05, 0.1) is 13.2 Å². The Morgan fingerprint density at radius 1 is 1.07 bits per heavy atom. The molecule has 0 unspecified atom stereocenters. The number of hydrogen-bond donors (Lipinski definition) is 1. The molecule has 30 heavy (non-hydrogen) atoms. The molecule has 0 fully saturated rings. The van der Waals surface area contributed by atoms with E-state index < -0.39 is 0 Å². The van der Waals surface area contributed by atoms with Crippen LogP contribution in [0.4, 0.5) is 0 Å². The molecule has 0 saturated heterocycles. The highest BCUT2D eigenvalue weighted by atomic mass is 35.5. The standard InChI is InChI=1S/C22H22ClN3O4/c23-17-4-1-3-16(14-17)22-25-21(30-26-22)9-10-24-20(27)8-6-15-5-7-18-19(13-15)29-12-2-11-28-18/h1,3-5,7,13-14H,2,6,8-12H2,(H,24,27). The molecular formula is C22H22ClN3O4. The molecule has 0 aliphatic carbocycles. The van der Waals surface area contributed by atoms with Crippen molar-refractivity contribution in [1.82, 2.24) is 15.5 Å². The van der Waals surface area contributed by atoms with Crippen LogP contribution in [0, 0.1) is 0 Å². The van der Waals surface area contributed by atoms with Gasteiger partial charge in [-0.2, -0.15) is 4.98 Å². The van der Waals surface area contributed by atoms with Gasteiger partial charge in [0, 0.05) is 36.4 Å². The molecule has 0 saturated carbocycles. The van der Waals surface area contributed by atoms with Crippen molar-refractivity contribution in [3.8, 4) is 22.9 Å². The molecule has 7 nitrogen and oxygen atoms in total. The summed E-state index contributed by atoms with van der Waals surface area (Å²) < 4.78 is 16.6. The van der Waals surface area contributed by atoms with E-state index in [9.17, 15) is 4.79 Å². The van der Waals surface area contributed by atoms with Crippen molar-refractivity contribution in [2.75, 3.05) is 19.8 Å². The van der Waals surface area contributed by atoms with Crippen molar-refractivity contribution in [3.05, 3.63) is 58.9 Å². The number of halogens is 1. The first-order valence-corrected chi connectivity index (χ1v) is 10.3. The van der Waals surface area contributed by atoms with Gasteiger partial charge < -0.3 is 19.3 Å². The Balaban J connectivity index is 1.22. The van der Waals surface area contributed by atoms with Gasteiger partial charge in [-0.25, -0.2) is 0 Å². The molecule has 8 heteroatoms. The van der Waals surface area contributed by atoms with Crippen LogP contribution < -0.4 is 14.8 Å². The van der Waals surface area contributed by atoms with Gasteiger partial charge in [-0.1, -0.05) is 35.0 Å². The molecule has 0 spiro atoms. The van der Waals surface area contributed by atoms with Crippen molar-refractivity contribution in [1.29, 1.82) is 0 Å². The summed E-state index contributed by atoms with van der Waals surface area (Å²) in [5, 5.41) is 7.46. The molecule has 156 valence electrons. The largest absolute Gasteiger partial charge is 0.490 e. The third-order valence-corrected chi connectivity index (χ3v) is 4.90. The van der Waals surface area contributed by atoms with E-state index in [4.69, 9.17) is 25.6 Å². The van der Waals surface area contributed by atoms with Gasteiger partial charge in [0.25, 0.3) is 0 Å². The second-order valence-electron chi connectivity index (χ2n) is 6.95. The quantitative estimate of drug-likeness (QED) is 0.616. The fourth-order valence-corrected chi connectivity index (χ4v) is 3.31. The number of nitrogens with one attached hydrogen (secondary N) is 1. The maximum atomic E-state index is 12.2. The van der Waals surface area contributed by atoms with E-state index in [0.717, 1.165) is 29.0 Å². The number of carbonyl (C=O) groups is 1. The average molecular weight is 428 g/mol. The van der Waals surface area contributed by atoms with Crippen LogP contribution >= 0.6 is 11.6 Å². The molecule has 1 amide bonds. The molecular weight excluding hydrogens is 406 g/mol. The number of nitrogens with zero attached hydrogens (tertiary/aromatic N) is 2. The van der Waals surface area contributed by atoms with Crippen molar-refractivity contribution in [2.24, 2.45) is 0 Å². The minimum absolute atomic E-state index is 0.0308. The lowest BCUT2D eigenvalue weighted by Gasteiger charge is -2.09. The van der Waals surface area contributed by atoms with Crippen LogP contribution in [0.15, 0.2) is 47.0 Å². The Hall–Kier alpha value is -3.06. The highest BCUT2D eigenvalue weighted by Crippen LogP contribution is 2.30. The van der Waals surface area contributed by atoms with Gasteiger partial charge in [0.2, 0.25) is 17.6 Å². The maximum absolute atomic E-state index is 12.2. The average Bonchev–Trinajstić information content (AvgIpc) is 3.09. The Bertz CT molecular complexity index is 1020. The first kappa shape index (κ1) is 20.2. The molecule has 0 radical (unpaired) electrons. The van der Waals surface area contributed by atoms with Crippen molar-refractivity contribution in [2.45, 2.75) is 25.7 Å². The highest BCUT2D eigenvalue weighted by molar-refractivity contribution is 6.30. The lowest BCUT2D eigenvalue weighted by atomic mass is 10.1. The Kier molecular flexibility index (Phi) is 6.49. The number of benzene rings is 2. The molecule has 3 aromatic rings. The van der Waals surface area contributed by atoms with Crippen molar-refractivity contribution >= 4 is 17.5 Å². The number of carbonyl (C=O) groups excluding carboxylic acids is 1. The minimum Gasteiger partial charge on any atom is -0.490 e. The second-order valence-corrected chi connectivity index (χ2v) is 7.39. The number of hydrogen-bond acceptors (Lipinski definition) is 6. The van der Waals surface area contributed by atoms with E-state index in [1.165, 1.54) is 0 Å². The summed E-state index contributed by atoms with van der Waals surface area (Å²) in [6, 6.07) is 13.1. The smallest absolute Gasteiger partial charge is 0.228 e. The third kappa shape index (κ3) is 5.30. The van der Waals surface area contributed by atoms with Gasteiger partial charge in [-0.05, 0) is 36.2 Å². The van der Waals surface area contributed by atoms with E-state index >= 15 is 0 Å². The second kappa shape index (κ2) is 9.63. The summed E-state index contributed by atoms with van der Waals surface area (Å²) in [5.74, 6) is 2.42. The number of rotatable bonds is 7. The van der Waals surface area contributed by atoms with Gasteiger partial charge in [-0.3, -0.25) is 4.79 Å². The number of amides is 1. The summed E-state index contributed by atoms with van der Waals surface area (Å²) in [5.41, 5.74) is 1.83. The molecule has 2 aromatic carbocycles. The SMILES string of the molecule is O=C(CCc1ccc2c(c1)OCCCO2)NCCc1nc(-c2cccc(Cl)c2)no1. The third-order valence-electron chi connectivity index (χ3n) is 4.66. The molecule has 1 aliphatic rings. The summed E-state index contributed by atoms with van der Waals surface area (Å²) in [6.45, 7) is 1.73. The summed E-state index contributed by atoms with van der Waals surface area (Å²) in [7, 11) is 0. The van der Waals surface area contributed by atoms with Gasteiger partial charge in [0.1, 0.15) is 0 Å². The summed E-state index contributed by atoms with van der Waals surface area (Å²) >= 11 is 5.99. The van der Waals surface area contributed by atoms with Crippen LogP contribution in [0.25, 0.3) is 11.4 Å². The molecule has 2 heterocycles. The van der Waals surface area contributed by atoms with Crippen LogP contribution in [0.3, 0.4) is 0 Å². The zero-order valence-corrected chi connectivity index (χ0v) is 17.2. The Morgan fingerprint density at radius 3 is 2.80 bits per heavy atom. The molecule has 1 aromatic heterocycles. The van der Waals surface area contributed by atoms with Crippen LogP contribution in [0.2, 0.25) is 5.02 Å². The number of ether oxygens (including phenoxy) is 2. The Morgan fingerprint density at radius 2 is 1.93 bits per heavy atom. The van der Waals surface area contributed by atoms with Crippen LogP contribution in [-0.2, 0) is 17.6 Å². The number of fused-ring (bicyclic) bond motifs is 1. The molecule has 4 rings (SSSR count). The van der Waals surface area contributed by atoms with Gasteiger partial charge in [0.15, 0.2) is 11.5 Å². The molecule has 0 bridgehead atoms. The predicted molar refractivity (Wildman–Crippen MR) is 112 cm³/mol. The van der Waals surface area contributed by atoms with Crippen LogP contribution in [-0.4, -0.2) is 35.8 Å². The minimum atomic E-state index is -0.0308. The van der Waals surface area contributed by atoms with E-state index in [1.54, 1.807) is 12.1 Å². The fourth-order valence-electron chi connectivity index (χ4n) is 3.12. The monoisotopic (exact) mass is 427 g/mol. The molecule has 0 atom stereocenters. The van der Waals surface area contributed by atoms with Crippen LogP contribution in [0.1, 0.15) is 24.3 Å². The van der Waals surface area contributed by atoms with E-state index in [-0.39, 0.29) is 5.91 Å². The first-order valence-electron chi connectivity index (χ1n) is 9.91. The summed E-state index contributed by atoms with van der Waals surface area (Å²) in [4.78, 5) is 16.5. The topological polar surface area (TPSA) is 86.5 Å². The predicted octanol–water partition coefficient (Wildman–Crippen LogP) is 3.84. The highest BCUT2D eigenvalue weighted by Gasteiger charge is 2.12. The zero-order chi connectivity index (χ0) is 20.8. The van der Waals surface area contributed by atoms with E-state index in [2.05, 4.69) is 15.5 Å². The Labute approximate surface area is 179 Å². The van der Waals surface area contributed by atoms with Crippen molar-refractivity contribution in [3.63, 3.8) is 0 Å². The van der Waals surface area contributed by atoms with Crippen molar-refractivity contribution < 1.29 is 18.8 Å². The van der Waals surface area contributed by atoms with Gasteiger partial charge in [-0.15, -0.1) is 0 Å². The number of aromatic nitrogens is 2. The van der Waals surface area contributed by atoms with Gasteiger partial charge >= 0.3 is 0 Å². The fraction of sp³-hybridized carbons (Fsp3) is 0.318. The van der Waals surface area contributed by atoms with E-state index in [0.29, 0.717) is 55.8 Å². The maximum Gasteiger partial charge on any atom is 0.228 e. The summed E-state index contributed by atoms with van der Waals surface area (Å²) in [6.07, 6.45) is 2.34.